The van der Waals surface area contributed by atoms with Gasteiger partial charge in [-0.3, -0.25) is 14.3 Å². The molecule has 3 heterocycles. The molecule has 180 valence electrons. The highest BCUT2D eigenvalue weighted by atomic mass is 19.3. The summed E-state index contributed by atoms with van der Waals surface area (Å²) in [7, 11) is 0. The van der Waals surface area contributed by atoms with Crippen LogP contribution < -0.4 is 4.74 Å². The number of nitrogens with zero attached hydrogens (tertiary/aromatic N) is 6. The fourth-order valence-electron chi connectivity index (χ4n) is 4.18. The SMILES string of the molecule is O=CN1CCN(C(=O)Cn2cc(-n3cccn3)c(-c3cc4ccccc4cc3OC(F)F)n2)CC1. The van der Waals surface area contributed by atoms with Gasteiger partial charge >= 0.3 is 6.61 Å². The predicted octanol–water partition coefficient (Wildman–Crippen LogP) is 2.79. The molecule has 0 unspecified atom stereocenters. The van der Waals surface area contributed by atoms with Gasteiger partial charge in [0.2, 0.25) is 12.3 Å². The van der Waals surface area contributed by atoms with Crippen molar-refractivity contribution in [3.8, 4) is 22.7 Å². The smallest absolute Gasteiger partial charge is 0.387 e. The number of carbonyl (C=O) groups is 2. The molecule has 0 radical (unpaired) electrons. The van der Waals surface area contributed by atoms with Crippen LogP contribution in [0.25, 0.3) is 27.7 Å². The standard InChI is InChI=1S/C24H22F2N6O3/c25-24(26)35-21-13-18-5-2-1-4-17(18)12-19(21)23-20(32-7-3-6-27-32)14-31(28-23)15-22(34)30-10-8-29(16-33)9-11-30/h1-7,12-14,16,24H,8-11,15H2. The van der Waals surface area contributed by atoms with Crippen LogP contribution in [-0.2, 0) is 16.1 Å². The summed E-state index contributed by atoms with van der Waals surface area (Å²) in [6.07, 6.45) is 5.74. The van der Waals surface area contributed by atoms with E-state index in [0.717, 1.165) is 17.2 Å². The molecule has 0 bridgehead atoms. The molecule has 2 aromatic carbocycles. The van der Waals surface area contributed by atoms with E-state index in [1.165, 1.54) is 4.68 Å². The first-order chi connectivity index (χ1) is 17.0. The summed E-state index contributed by atoms with van der Waals surface area (Å²) >= 11 is 0. The normalized spacial score (nSPS) is 14.0. The molecular weight excluding hydrogens is 458 g/mol. The minimum atomic E-state index is -3.02. The largest absolute Gasteiger partial charge is 0.434 e. The summed E-state index contributed by atoms with van der Waals surface area (Å²) in [6, 6.07) is 12.4. The lowest BCUT2D eigenvalue weighted by Gasteiger charge is -2.32. The number of carbonyl (C=O) groups excluding carboxylic acids is 2. The van der Waals surface area contributed by atoms with Crippen LogP contribution >= 0.6 is 0 Å². The maximum atomic E-state index is 13.3. The van der Waals surface area contributed by atoms with Gasteiger partial charge in [0.25, 0.3) is 0 Å². The molecule has 0 saturated carbocycles. The van der Waals surface area contributed by atoms with E-state index < -0.39 is 6.61 Å². The van der Waals surface area contributed by atoms with Gasteiger partial charge < -0.3 is 14.5 Å². The van der Waals surface area contributed by atoms with Crippen LogP contribution in [0.2, 0.25) is 0 Å². The van der Waals surface area contributed by atoms with Gasteiger partial charge in [-0.25, -0.2) is 4.68 Å². The van der Waals surface area contributed by atoms with E-state index in [1.54, 1.807) is 51.3 Å². The van der Waals surface area contributed by atoms with Gasteiger partial charge in [-0.05, 0) is 29.0 Å². The van der Waals surface area contributed by atoms with Gasteiger partial charge in [-0.1, -0.05) is 24.3 Å². The van der Waals surface area contributed by atoms with E-state index >= 15 is 0 Å². The molecule has 4 aromatic rings. The fourth-order valence-corrected chi connectivity index (χ4v) is 4.18. The van der Waals surface area contributed by atoms with Crippen molar-refractivity contribution in [2.24, 2.45) is 0 Å². The van der Waals surface area contributed by atoms with Crippen LogP contribution in [-0.4, -0.2) is 74.5 Å². The maximum Gasteiger partial charge on any atom is 0.387 e. The third kappa shape index (κ3) is 4.70. The number of hydrogen-bond acceptors (Lipinski definition) is 5. The third-order valence-corrected chi connectivity index (χ3v) is 5.93. The quantitative estimate of drug-likeness (QED) is 0.380. The molecule has 2 amide bonds. The summed E-state index contributed by atoms with van der Waals surface area (Å²) < 4.78 is 34.5. The molecule has 11 heteroatoms. The topological polar surface area (TPSA) is 85.5 Å². The average molecular weight is 480 g/mol. The van der Waals surface area contributed by atoms with Gasteiger partial charge in [0.1, 0.15) is 23.7 Å². The molecular formula is C24H22F2N6O3. The van der Waals surface area contributed by atoms with Crippen LogP contribution in [0, 0.1) is 0 Å². The molecule has 1 fully saturated rings. The molecule has 5 rings (SSSR count). The van der Waals surface area contributed by atoms with Crippen LogP contribution in [0.3, 0.4) is 0 Å². The van der Waals surface area contributed by atoms with Crippen LogP contribution in [0.5, 0.6) is 5.75 Å². The van der Waals surface area contributed by atoms with E-state index in [9.17, 15) is 18.4 Å². The van der Waals surface area contributed by atoms with E-state index in [-0.39, 0.29) is 18.2 Å². The Morgan fingerprint density at radius 2 is 1.83 bits per heavy atom. The Hall–Kier alpha value is -4.28. The summed E-state index contributed by atoms with van der Waals surface area (Å²) in [6.45, 7) is -1.23. The first-order valence-electron chi connectivity index (χ1n) is 11.0. The second-order valence-electron chi connectivity index (χ2n) is 8.11. The Labute approximate surface area is 199 Å². The van der Waals surface area contributed by atoms with E-state index in [1.807, 2.05) is 24.3 Å². The Balaban J connectivity index is 1.53. The Bertz CT molecular complexity index is 1350. The van der Waals surface area contributed by atoms with Gasteiger partial charge in [0.05, 0.1) is 6.20 Å². The molecule has 9 nitrogen and oxygen atoms in total. The number of benzene rings is 2. The second-order valence-corrected chi connectivity index (χ2v) is 8.11. The van der Waals surface area contributed by atoms with Crippen molar-refractivity contribution in [3.63, 3.8) is 0 Å². The highest BCUT2D eigenvalue weighted by Gasteiger charge is 2.24. The fraction of sp³-hybridized carbons (Fsp3) is 0.250. The van der Waals surface area contributed by atoms with Crippen LogP contribution in [0.4, 0.5) is 8.78 Å². The maximum absolute atomic E-state index is 13.3. The molecule has 0 atom stereocenters. The number of alkyl halides is 2. The first kappa shape index (κ1) is 22.5. The minimum absolute atomic E-state index is 0.0198. The Kier molecular flexibility index (Phi) is 6.13. The van der Waals surface area contributed by atoms with Crippen molar-refractivity contribution in [3.05, 3.63) is 61.1 Å². The number of hydrogen-bond donors (Lipinski definition) is 0. The van der Waals surface area contributed by atoms with Crippen molar-refractivity contribution in [1.82, 2.24) is 29.4 Å². The zero-order valence-electron chi connectivity index (χ0n) is 18.6. The molecule has 35 heavy (non-hydrogen) atoms. The molecule has 1 aliphatic rings. The number of amides is 2. The van der Waals surface area contributed by atoms with Crippen molar-refractivity contribution < 1.29 is 23.1 Å². The molecule has 0 aliphatic carbocycles. The molecule has 0 spiro atoms. The molecule has 1 saturated heterocycles. The lowest BCUT2D eigenvalue weighted by atomic mass is 10.0. The minimum Gasteiger partial charge on any atom is -0.434 e. The lowest BCUT2D eigenvalue weighted by Crippen LogP contribution is -2.49. The van der Waals surface area contributed by atoms with Crippen molar-refractivity contribution in [2.45, 2.75) is 13.2 Å². The monoisotopic (exact) mass is 480 g/mol. The number of halogens is 2. The van der Waals surface area contributed by atoms with Crippen molar-refractivity contribution in [1.29, 1.82) is 0 Å². The number of fused-ring (bicyclic) bond motifs is 1. The summed E-state index contributed by atoms with van der Waals surface area (Å²) in [5, 5.41) is 10.4. The highest BCUT2D eigenvalue weighted by Crippen LogP contribution is 2.37. The lowest BCUT2D eigenvalue weighted by molar-refractivity contribution is -0.135. The first-order valence-corrected chi connectivity index (χ1v) is 11.0. The van der Waals surface area contributed by atoms with Crippen molar-refractivity contribution >= 4 is 23.1 Å². The molecule has 0 N–H and O–H groups in total. The van der Waals surface area contributed by atoms with E-state index in [2.05, 4.69) is 10.2 Å². The Morgan fingerprint density at radius 1 is 1.09 bits per heavy atom. The molecule has 1 aliphatic heterocycles. The molecule has 2 aromatic heterocycles. The number of piperazine rings is 1. The van der Waals surface area contributed by atoms with E-state index in [0.29, 0.717) is 43.1 Å². The van der Waals surface area contributed by atoms with Gasteiger partial charge in [0, 0.05) is 44.1 Å². The zero-order valence-corrected chi connectivity index (χ0v) is 18.6. The van der Waals surface area contributed by atoms with Gasteiger partial charge in [-0.15, -0.1) is 0 Å². The zero-order chi connectivity index (χ0) is 24.4. The Morgan fingerprint density at radius 3 is 2.49 bits per heavy atom. The predicted molar refractivity (Wildman–Crippen MR) is 123 cm³/mol. The third-order valence-electron chi connectivity index (χ3n) is 5.93. The van der Waals surface area contributed by atoms with E-state index in [4.69, 9.17) is 4.74 Å². The summed E-state index contributed by atoms with van der Waals surface area (Å²) in [5.41, 5.74) is 1.23. The van der Waals surface area contributed by atoms with Crippen molar-refractivity contribution in [2.75, 3.05) is 26.2 Å². The average Bonchev–Trinajstić information content (AvgIpc) is 3.53. The number of rotatable bonds is 7. The highest BCUT2D eigenvalue weighted by molar-refractivity contribution is 5.91. The summed E-state index contributed by atoms with van der Waals surface area (Å²) in [5.74, 6) is -0.173. The van der Waals surface area contributed by atoms with Crippen LogP contribution in [0.1, 0.15) is 0 Å². The van der Waals surface area contributed by atoms with Gasteiger partial charge in [-0.2, -0.15) is 19.0 Å². The van der Waals surface area contributed by atoms with Crippen LogP contribution in [0.15, 0.2) is 61.1 Å². The van der Waals surface area contributed by atoms with Gasteiger partial charge in [0.15, 0.2) is 0 Å². The summed E-state index contributed by atoms with van der Waals surface area (Å²) in [4.78, 5) is 27.1. The number of ether oxygens (including phenoxy) is 1. The number of aromatic nitrogens is 4. The second kappa shape index (κ2) is 9.53.